The lowest BCUT2D eigenvalue weighted by molar-refractivity contribution is -0.0277. The van der Waals surface area contributed by atoms with Crippen molar-refractivity contribution >= 4 is 5.69 Å². The van der Waals surface area contributed by atoms with E-state index in [0.717, 1.165) is 31.1 Å². The predicted octanol–water partition coefficient (Wildman–Crippen LogP) is 2.62. The Balaban J connectivity index is 2.27. The van der Waals surface area contributed by atoms with Crippen molar-refractivity contribution < 1.29 is 9.47 Å². The van der Waals surface area contributed by atoms with Gasteiger partial charge in [-0.05, 0) is 38.5 Å². The van der Waals surface area contributed by atoms with Crippen LogP contribution in [0.4, 0.5) is 5.69 Å². The minimum Gasteiger partial charge on any atom is -0.495 e. The van der Waals surface area contributed by atoms with Crippen molar-refractivity contribution in [2.24, 2.45) is 0 Å². The highest BCUT2D eigenvalue weighted by molar-refractivity contribution is 5.60. The lowest BCUT2D eigenvalue weighted by Gasteiger charge is -2.39. The van der Waals surface area contributed by atoms with E-state index in [4.69, 9.17) is 9.47 Å². The maximum Gasteiger partial charge on any atom is 0.142 e. The van der Waals surface area contributed by atoms with Crippen LogP contribution in [0, 0.1) is 6.92 Å². The zero-order valence-corrected chi connectivity index (χ0v) is 11.1. The molecule has 0 aliphatic carbocycles. The molecule has 1 saturated heterocycles. The van der Waals surface area contributed by atoms with E-state index in [1.54, 1.807) is 7.11 Å². The van der Waals surface area contributed by atoms with Gasteiger partial charge in [-0.15, -0.1) is 0 Å². The van der Waals surface area contributed by atoms with Gasteiger partial charge in [0.25, 0.3) is 0 Å². The van der Waals surface area contributed by atoms with Gasteiger partial charge in [0.2, 0.25) is 0 Å². The number of nitrogens with zero attached hydrogens (tertiary/aromatic N) is 1. The number of ether oxygens (including phenoxy) is 2. The summed E-state index contributed by atoms with van der Waals surface area (Å²) in [7, 11) is 1.73. The van der Waals surface area contributed by atoms with Crippen LogP contribution >= 0.6 is 0 Å². The summed E-state index contributed by atoms with van der Waals surface area (Å²) in [6.07, 6.45) is 0. The van der Waals surface area contributed by atoms with Crippen molar-refractivity contribution in [1.82, 2.24) is 0 Å². The molecule has 0 N–H and O–H groups in total. The molecule has 2 rings (SSSR count). The van der Waals surface area contributed by atoms with Crippen LogP contribution in [0.3, 0.4) is 0 Å². The van der Waals surface area contributed by atoms with E-state index in [9.17, 15) is 0 Å². The lowest BCUT2D eigenvalue weighted by atomic mass is 10.1. The molecule has 0 radical (unpaired) electrons. The van der Waals surface area contributed by atoms with Crippen LogP contribution in [0.2, 0.25) is 0 Å². The number of methoxy groups -OCH3 is 1. The Bertz CT molecular complexity index is 401. The average Bonchev–Trinajstić information content (AvgIpc) is 2.27. The first kappa shape index (κ1) is 12.2. The normalized spacial score (nSPS) is 19.2. The standard InChI is InChI=1S/C14H21NO2/c1-11-5-6-12(13(9-11)16-4)15-7-8-17-14(2,3)10-15/h5-6,9H,7-8,10H2,1-4H3. The maximum atomic E-state index is 5.73. The molecule has 0 atom stereocenters. The first-order valence-corrected chi connectivity index (χ1v) is 6.05. The summed E-state index contributed by atoms with van der Waals surface area (Å²) in [5, 5.41) is 0. The highest BCUT2D eigenvalue weighted by atomic mass is 16.5. The average molecular weight is 235 g/mol. The van der Waals surface area contributed by atoms with Gasteiger partial charge in [-0.1, -0.05) is 6.07 Å². The van der Waals surface area contributed by atoms with E-state index in [2.05, 4.69) is 43.9 Å². The molecule has 0 spiro atoms. The topological polar surface area (TPSA) is 21.7 Å². The van der Waals surface area contributed by atoms with Crippen molar-refractivity contribution in [3.63, 3.8) is 0 Å². The van der Waals surface area contributed by atoms with Gasteiger partial charge in [0.15, 0.2) is 0 Å². The van der Waals surface area contributed by atoms with Crippen molar-refractivity contribution in [1.29, 1.82) is 0 Å². The Morgan fingerprint density at radius 1 is 1.35 bits per heavy atom. The largest absolute Gasteiger partial charge is 0.495 e. The molecule has 0 aromatic heterocycles. The molecule has 94 valence electrons. The van der Waals surface area contributed by atoms with Gasteiger partial charge in [-0.2, -0.15) is 0 Å². The molecule has 1 aromatic carbocycles. The SMILES string of the molecule is COc1cc(C)ccc1N1CCOC(C)(C)C1. The third kappa shape index (κ3) is 2.72. The summed E-state index contributed by atoms with van der Waals surface area (Å²) >= 11 is 0. The third-order valence-electron chi connectivity index (χ3n) is 3.10. The molecule has 17 heavy (non-hydrogen) atoms. The minimum atomic E-state index is -0.0891. The first-order valence-electron chi connectivity index (χ1n) is 6.05. The van der Waals surface area contributed by atoms with Crippen LogP contribution in [0.25, 0.3) is 0 Å². The first-order chi connectivity index (χ1) is 8.02. The van der Waals surface area contributed by atoms with Gasteiger partial charge < -0.3 is 14.4 Å². The zero-order valence-electron chi connectivity index (χ0n) is 11.1. The Hall–Kier alpha value is -1.22. The highest BCUT2D eigenvalue weighted by Crippen LogP contribution is 2.32. The summed E-state index contributed by atoms with van der Waals surface area (Å²) in [5.41, 5.74) is 2.29. The van der Waals surface area contributed by atoms with E-state index in [-0.39, 0.29) is 5.60 Å². The molecule has 0 saturated carbocycles. The second-order valence-electron chi connectivity index (χ2n) is 5.21. The fraction of sp³-hybridized carbons (Fsp3) is 0.571. The fourth-order valence-electron chi connectivity index (χ4n) is 2.27. The molecular weight excluding hydrogens is 214 g/mol. The van der Waals surface area contributed by atoms with Crippen LogP contribution in [-0.2, 0) is 4.74 Å². The highest BCUT2D eigenvalue weighted by Gasteiger charge is 2.28. The monoisotopic (exact) mass is 235 g/mol. The van der Waals surface area contributed by atoms with Crippen LogP contribution < -0.4 is 9.64 Å². The van der Waals surface area contributed by atoms with Gasteiger partial charge in [-0.3, -0.25) is 0 Å². The van der Waals surface area contributed by atoms with E-state index in [1.165, 1.54) is 5.56 Å². The van der Waals surface area contributed by atoms with E-state index in [0.29, 0.717) is 0 Å². The Kier molecular flexibility index (Phi) is 3.29. The molecule has 3 heteroatoms. The molecular formula is C14H21NO2. The van der Waals surface area contributed by atoms with Crippen LogP contribution in [0.5, 0.6) is 5.75 Å². The molecule has 1 aliphatic rings. The summed E-state index contributed by atoms with van der Waals surface area (Å²) in [5.74, 6) is 0.947. The van der Waals surface area contributed by atoms with Gasteiger partial charge in [0.05, 0.1) is 25.0 Å². The lowest BCUT2D eigenvalue weighted by Crippen LogP contribution is -2.48. The molecule has 0 amide bonds. The number of benzene rings is 1. The molecule has 1 fully saturated rings. The molecule has 0 unspecified atom stereocenters. The van der Waals surface area contributed by atoms with Crippen molar-refractivity contribution in [2.45, 2.75) is 26.4 Å². The van der Waals surface area contributed by atoms with Gasteiger partial charge in [0, 0.05) is 13.1 Å². The number of hydrogen-bond donors (Lipinski definition) is 0. The van der Waals surface area contributed by atoms with Crippen LogP contribution in [0.15, 0.2) is 18.2 Å². The van der Waals surface area contributed by atoms with Crippen molar-refractivity contribution in [3.05, 3.63) is 23.8 Å². The fourth-order valence-corrected chi connectivity index (χ4v) is 2.27. The van der Waals surface area contributed by atoms with Gasteiger partial charge in [0.1, 0.15) is 5.75 Å². The predicted molar refractivity (Wildman–Crippen MR) is 70.0 cm³/mol. The van der Waals surface area contributed by atoms with Crippen LogP contribution in [0.1, 0.15) is 19.4 Å². The number of rotatable bonds is 2. The van der Waals surface area contributed by atoms with Crippen LogP contribution in [-0.4, -0.2) is 32.4 Å². The quantitative estimate of drug-likeness (QED) is 0.786. The molecule has 0 bridgehead atoms. The van der Waals surface area contributed by atoms with Gasteiger partial charge in [-0.25, -0.2) is 0 Å². The molecule has 1 aliphatic heterocycles. The Morgan fingerprint density at radius 2 is 2.12 bits per heavy atom. The second kappa shape index (κ2) is 4.57. The summed E-state index contributed by atoms with van der Waals surface area (Å²) in [6, 6.07) is 6.34. The number of anilines is 1. The Morgan fingerprint density at radius 3 is 2.76 bits per heavy atom. The van der Waals surface area contributed by atoms with E-state index >= 15 is 0 Å². The maximum absolute atomic E-state index is 5.73. The minimum absolute atomic E-state index is 0.0891. The van der Waals surface area contributed by atoms with Crippen molar-refractivity contribution in [3.8, 4) is 5.75 Å². The van der Waals surface area contributed by atoms with Crippen molar-refractivity contribution in [2.75, 3.05) is 31.7 Å². The summed E-state index contributed by atoms with van der Waals surface area (Å²) < 4.78 is 11.2. The number of aryl methyl sites for hydroxylation is 1. The summed E-state index contributed by atoms with van der Waals surface area (Å²) in [4.78, 5) is 2.34. The Labute approximate surface area is 103 Å². The molecule has 1 aromatic rings. The number of hydrogen-bond acceptors (Lipinski definition) is 3. The van der Waals surface area contributed by atoms with E-state index in [1.807, 2.05) is 0 Å². The smallest absolute Gasteiger partial charge is 0.142 e. The second-order valence-corrected chi connectivity index (χ2v) is 5.21. The molecule has 1 heterocycles. The summed E-state index contributed by atoms with van der Waals surface area (Å²) in [6.45, 7) is 8.91. The zero-order chi connectivity index (χ0) is 12.5. The third-order valence-corrected chi connectivity index (χ3v) is 3.10. The number of morpholine rings is 1. The van der Waals surface area contributed by atoms with Gasteiger partial charge >= 0.3 is 0 Å². The van der Waals surface area contributed by atoms with E-state index < -0.39 is 0 Å². The molecule has 3 nitrogen and oxygen atoms in total.